The predicted octanol–water partition coefficient (Wildman–Crippen LogP) is 17.2. The second-order valence-electron chi connectivity index (χ2n) is 20.1. The second kappa shape index (κ2) is 12.9. The first-order valence-electron chi connectivity index (χ1n) is 22.9. The van der Waals surface area contributed by atoms with Crippen molar-refractivity contribution in [2.45, 2.75) is 57.8 Å². The van der Waals surface area contributed by atoms with Crippen LogP contribution in [0.15, 0.2) is 188 Å². The molecule has 0 bridgehead atoms. The Kier molecular flexibility index (Phi) is 7.54. The number of hydrogen-bond donors (Lipinski definition) is 0. The summed E-state index contributed by atoms with van der Waals surface area (Å²) < 4.78 is 0. The maximum Gasteiger partial charge on any atom is 0.0465 e. The van der Waals surface area contributed by atoms with Crippen LogP contribution in [0.3, 0.4) is 0 Å². The highest BCUT2D eigenvalue weighted by atomic mass is 15.1. The van der Waals surface area contributed by atoms with Gasteiger partial charge in [0, 0.05) is 33.3 Å². The number of rotatable bonds is 4. The molecule has 10 aromatic rings. The van der Waals surface area contributed by atoms with Gasteiger partial charge in [0.15, 0.2) is 0 Å². The number of fused-ring (bicyclic) bond motifs is 16. The quantitative estimate of drug-likeness (QED) is 0.160. The summed E-state index contributed by atoms with van der Waals surface area (Å²) in [5.41, 5.74) is 22.1. The minimum atomic E-state index is -0.107. The molecule has 0 aromatic heterocycles. The minimum Gasteiger partial charge on any atom is -0.310 e. The van der Waals surface area contributed by atoms with Gasteiger partial charge in [-0.15, -0.1) is 0 Å². The molecule has 0 amide bonds. The van der Waals surface area contributed by atoms with Crippen molar-refractivity contribution in [3.8, 4) is 44.5 Å². The molecule has 3 aliphatic carbocycles. The van der Waals surface area contributed by atoms with Crippen molar-refractivity contribution in [3.63, 3.8) is 0 Å². The van der Waals surface area contributed by atoms with Gasteiger partial charge in [-0.3, -0.25) is 0 Å². The van der Waals surface area contributed by atoms with E-state index in [0.717, 1.165) is 5.69 Å². The van der Waals surface area contributed by atoms with Crippen LogP contribution in [0.5, 0.6) is 0 Å². The molecule has 64 heavy (non-hydrogen) atoms. The average Bonchev–Trinajstić information content (AvgIpc) is 3.81. The lowest BCUT2D eigenvalue weighted by atomic mass is 9.81. The summed E-state index contributed by atoms with van der Waals surface area (Å²) >= 11 is 0. The average molecular weight is 820 g/mol. The summed E-state index contributed by atoms with van der Waals surface area (Å²) in [6, 6.07) is 71.4. The molecule has 1 heteroatoms. The Bertz CT molecular complexity index is 3530. The molecular weight excluding hydrogens is 771 g/mol. The van der Waals surface area contributed by atoms with Crippen LogP contribution in [0.2, 0.25) is 0 Å². The highest BCUT2D eigenvalue weighted by Crippen LogP contribution is 2.55. The summed E-state index contributed by atoms with van der Waals surface area (Å²) in [5, 5.41) is 7.90. The van der Waals surface area contributed by atoms with E-state index in [1.54, 1.807) is 0 Å². The molecule has 0 fully saturated rings. The lowest BCUT2D eigenvalue weighted by Gasteiger charge is -2.30. The fraction of sp³-hybridized carbons (Fsp3) is 0.143. The molecule has 10 aromatic carbocycles. The molecule has 0 atom stereocenters. The molecule has 306 valence electrons. The molecule has 0 N–H and O–H groups in total. The predicted molar refractivity (Wildman–Crippen MR) is 272 cm³/mol. The van der Waals surface area contributed by atoms with Crippen molar-refractivity contribution in [2.24, 2.45) is 0 Å². The molecule has 0 saturated heterocycles. The smallest absolute Gasteiger partial charge is 0.0465 e. The monoisotopic (exact) mass is 819 g/mol. The summed E-state index contributed by atoms with van der Waals surface area (Å²) in [6.07, 6.45) is 0. The summed E-state index contributed by atoms with van der Waals surface area (Å²) in [4.78, 5) is 2.47. The molecule has 3 aliphatic rings. The number of hydrogen-bond acceptors (Lipinski definition) is 1. The van der Waals surface area contributed by atoms with Crippen LogP contribution in [0.25, 0.3) is 76.8 Å². The van der Waals surface area contributed by atoms with Crippen LogP contribution >= 0.6 is 0 Å². The SMILES string of the molecule is CC1(C)c2ccccc2-c2ccc(N(c3ccc(-c4ccc5c6ccccc6c6c7c(ccc6c5c4)C(C)(C)c4ccccc4-7)cc3)c3ccc4c(c3)C(C)(C)c3ccccc3-4)cc21. The van der Waals surface area contributed by atoms with Gasteiger partial charge >= 0.3 is 0 Å². The zero-order valence-corrected chi connectivity index (χ0v) is 37.3. The van der Waals surface area contributed by atoms with Gasteiger partial charge in [-0.2, -0.15) is 0 Å². The Morgan fingerprint density at radius 1 is 0.281 bits per heavy atom. The second-order valence-corrected chi connectivity index (χ2v) is 20.1. The number of anilines is 3. The van der Waals surface area contributed by atoms with Crippen LogP contribution in [-0.4, -0.2) is 0 Å². The van der Waals surface area contributed by atoms with Gasteiger partial charge < -0.3 is 4.90 Å². The Morgan fingerprint density at radius 2 is 0.703 bits per heavy atom. The van der Waals surface area contributed by atoms with E-state index in [4.69, 9.17) is 0 Å². The third-order valence-electron chi connectivity index (χ3n) is 15.7. The maximum absolute atomic E-state index is 2.47. The van der Waals surface area contributed by atoms with Crippen LogP contribution in [0.1, 0.15) is 74.9 Å². The van der Waals surface area contributed by atoms with Crippen molar-refractivity contribution in [1.82, 2.24) is 0 Å². The highest BCUT2D eigenvalue weighted by Gasteiger charge is 2.39. The van der Waals surface area contributed by atoms with Gasteiger partial charge in [0.25, 0.3) is 0 Å². The van der Waals surface area contributed by atoms with E-state index in [1.165, 1.54) is 122 Å². The van der Waals surface area contributed by atoms with E-state index in [9.17, 15) is 0 Å². The van der Waals surface area contributed by atoms with Gasteiger partial charge in [-0.1, -0.05) is 187 Å². The first-order valence-corrected chi connectivity index (χ1v) is 22.9. The van der Waals surface area contributed by atoms with Gasteiger partial charge in [0.1, 0.15) is 0 Å². The zero-order valence-electron chi connectivity index (χ0n) is 37.3. The van der Waals surface area contributed by atoms with Crippen molar-refractivity contribution in [3.05, 3.63) is 221 Å². The summed E-state index contributed by atoms with van der Waals surface area (Å²) in [5.74, 6) is 0. The van der Waals surface area contributed by atoms with Gasteiger partial charge in [-0.05, 0) is 153 Å². The minimum absolute atomic E-state index is 0.0599. The van der Waals surface area contributed by atoms with Crippen LogP contribution in [0.4, 0.5) is 17.1 Å². The van der Waals surface area contributed by atoms with Crippen molar-refractivity contribution in [2.75, 3.05) is 4.90 Å². The fourth-order valence-corrected chi connectivity index (χ4v) is 12.3. The topological polar surface area (TPSA) is 3.24 Å². The molecule has 1 nitrogen and oxygen atoms in total. The molecule has 0 spiro atoms. The molecule has 0 radical (unpaired) electrons. The van der Waals surface area contributed by atoms with E-state index in [2.05, 4.69) is 234 Å². The molecule has 13 rings (SSSR count). The molecule has 0 aliphatic heterocycles. The molecular formula is C63H49N. The standard InChI is InChI=1S/C63H49N/c1-61(2)55-22-14-11-19-51(55)60-56(61)34-33-50-52-35-39(25-30-44(52)43-15-7-8-18-49(43)59(50)60)38-23-26-40(27-24-38)64(41-28-31-47-45-16-9-12-20-53(45)62(3,4)57(47)36-41)42-29-32-48-46-17-10-13-21-54(46)63(5,6)58(48)37-42/h7-37H,1-6H3. The van der Waals surface area contributed by atoms with Crippen molar-refractivity contribution in [1.29, 1.82) is 0 Å². The number of benzene rings is 10. The normalized spacial score (nSPS) is 15.4. The van der Waals surface area contributed by atoms with Gasteiger partial charge in [0.2, 0.25) is 0 Å². The Labute approximate surface area is 376 Å². The lowest BCUT2D eigenvalue weighted by molar-refractivity contribution is 0.660. The number of nitrogens with zero attached hydrogens (tertiary/aromatic N) is 1. The Hall–Kier alpha value is -7.22. The van der Waals surface area contributed by atoms with E-state index in [-0.39, 0.29) is 16.2 Å². The highest BCUT2D eigenvalue weighted by molar-refractivity contribution is 6.29. The molecule has 0 heterocycles. The summed E-state index contributed by atoms with van der Waals surface area (Å²) in [7, 11) is 0. The van der Waals surface area contributed by atoms with E-state index < -0.39 is 0 Å². The van der Waals surface area contributed by atoms with E-state index in [1.807, 2.05) is 0 Å². The molecule has 0 unspecified atom stereocenters. The Balaban J connectivity index is 0.967. The first-order chi connectivity index (χ1) is 31.0. The first kappa shape index (κ1) is 37.3. The van der Waals surface area contributed by atoms with Gasteiger partial charge in [0.05, 0.1) is 0 Å². The maximum atomic E-state index is 2.47. The van der Waals surface area contributed by atoms with Crippen LogP contribution < -0.4 is 4.90 Å². The van der Waals surface area contributed by atoms with E-state index in [0.29, 0.717) is 0 Å². The lowest BCUT2D eigenvalue weighted by Crippen LogP contribution is -2.18. The van der Waals surface area contributed by atoms with Crippen LogP contribution in [-0.2, 0) is 16.2 Å². The third-order valence-corrected chi connectivity index (χ3v) is 15.7. The van der Waals surface area contributed by atoms with E-state index >= 15 is 0 Å². The van der Waals surface area contributed by atoms with Crippen molar-refractivity contribution < 1.29 is 0 Å². The fourth-order valence-electron chi connectivity index (χ4n) is 12.3. The largest absolute Gasteiger partial charge is 0.310 e. The molecule has 0 saturated carbocycles. The summed E-state index contributed by atoms with van der Waals surface area (Å²) in [6.45, 7) is 14.3. The Morgan fingerprint density at radius 3 is 1.31 bits per heavy atom. The van der Waals surface area contributed by atoms with Gasteiger partial charge in [-0.25, -0.2) is 0 Å². The van der Waals surface area contributed by atoms with Crippen molar-refractivity contribution >= 4 is 49.4 Å². The van der Waals surface area contributed by atoms with Crippen LogP contribution in [0, 0.1) is 0 Å². The third kappa shape index (κ3) is 4.96. The zero-order chi connectivity index (χ0) is 43.3.